The Morgan fingerprint density at radius 2 is 1.82 bits per heavy atom. The zero-order chi connectivity index (χ0) is 24.5. The van der Waals surface area contributed by atoms with Crippen LogP contribution in [0.5, 0.6) is 5.75 Å². The first-order chi connectivity index (χ1) is 16.0. The van der Waals surface area contributed by atoms with Crippen molar-refractivity contribution in [2.24, 2.45) is 11.8 Å². The van der Waals surface area contributed by atoms with Gasteiger partial charge in [0.15, 0.2) is 21.4 Å². The maximum Gasteiger partial charge on any atom is 0.232 e. The molecule has 0 saturated carbocycles. The Bertz CT molecular complexity index is 1310. The minimum absolute atomic E-state index is 0.0212. The van der Waals surface area contributed by atoms with Crippen LogP contribution in [-0.4, -0.2) is 34.9 Å². The Morgan fingerprint density at radius 3 is 2.56 bits per heavy atom. The van der Waals surface area contributed by atoms with E-state index in [0.717, 1.165) is 23.8 Å². The van der Waals surface area contributed by atoms with E-state index >= 15 is 0 Å². The van der Waals surface area contributed by atoms with Gasteiger partial charge in [0.05, 0.1) is 23.0 Å². The number of rotatable bonds is 7. The van der Waals surface area contributed by atoms with E-state index in [-0.39, 0.29) is 47.0 Å². The summed E-state index contributed by atoms with van der Waals surface area (Å²) in [4.78, 5) is 0.174. The molecular formula is C23H24ClF2NO5S2. The summed E-state index contributed by atoms with van der Waals surface area (Å²) in [5, 5.41) is 0.437. The molecule has 1 heterocycles. The van der Waals surface area contributed by atoms with E-state index < -0.39 is 31.5 Å². The fourth-order valence-corrected chi connectivity index (χ4v) is 7.28. The van der Waals surface area contributed by atoms with Crippen LogP contribution in [0.2, 0.25) is 5.02 Å². The van der Waals surface area contributed by atoms with Crippen molar-refractivity contribution in [1.82, 2.24) is 4.72 Å². The third-order valence-electron chi connectivity index (χ3n) is 6.33. The number of hydrogen-bond donors (Lipinski definition) is 1. The number of sulfone groups is 1. The Kier molecular flexibility index (Phi) is 7.21. The molecule has 2 aromatic rings. The lowest BCUT2D eigenvalue weighted by molar-refractivity contribution is 0.189. The van der Waals surface area contributed by atoms with Crippen molar-refractivity contribution < 1.29 is 30.4 Å². The highest BCUT2D eigenvalue weighted by atomic mass is 35.5. The molecule has 34 heavy (non-hydrogen) atoms. The van der Waals surface area contributed by atoms with Crippen LogP contribution >= 0.6 is 11.6 Å². The van der Waals surface area contributed by atoms with Crippen molar-refractivity contribution in [1.29, 1.82) is 0 Å². The van der Waals surface area contributed by atoms with Gasteiger partial charge in [0.2, 0.25) is 10.0 Å². The van der Waals surface area contributed by atoms with E-state index in [9.17, 15) is 25.6 Å². The molecule has 0 saturated heterocycles. The van der Waals surface area contributed by atoms with Crippen LogP contribution in [-0.2, 0) is 19.9 Å². The number of sulfonamides is 1. The molecule has 0 aromatic heterocycles. The molecular weight excluding hydrogens is 508 g/mol. The van der Waals surface area contributed by atoms with Crippen LogP contribution in [0, 0.1) is 23.5 Å². The van der Waals surface area contributed by atoms with Crippen LogP contribution in [0.25, 0.3) is 0 Å². The second-order valence-corrected chi connectivity index (χ2v) is 12.9. The zero-order valence-corrected chi connectivity index (χ0v) is 20.5. The average molecular weight is 532 g/mol. The quantitative estimate of drug-likeness (QED) is 0.569. The van der Waals surface area contributed by atoms with Gasteiger partial charge in [0.25, 0.3) is 0 Å². The van der Waals surface area contributed by atoms with Crippen LogP contribution in [0.1, 0.15) is 25.7 Å². The average Bonchev–Trinajstić information content (AvgIpc) is 2.78. The van der Waals surface area contributed by atoms with Gasteiger partial charge in [0, 0.05) is 22.7 Å². The van der Waals surface area contributed by atoms with Gasteiger partial charge in [-0.25, -0.2) is 25.6 Å². The molecule has 4 rings (SSSR count). The topological polar surface area (TPSA) is 89.5 Å². The van der Waals surface area contributed by atoms with E-state index in [1.807, 2.05) is 0 Å². The van der Waals surface area contributed by atoms with Gasteiger partial charge in [-0.3, -0.25) is 4.72 Å². The number of benzene rings is 2. The Labute approximate surface area is 202 Å². The number of allylic oxidation sites excluding steroid dienone is 1. The Hall–Kier alpha value is -2.17. The number of ether oxygens (including phenoxy) is 1. The summed E-state index contributed by atoms with van der Waals surface area (Å²) in [6.45, 7) is -0.0212. The molecule has 0 radical (unpaired) electrons. The number of hydrogen-bond acceptors (Lipinski definition) is 5. The van der Waals surface area contributed by atoms with Crippen LogP contribution in [0.4, 0.5) is 8.78 Å². The first-order valence-electron chi connectivity index (χ1n) is 10.8. The van der Waals surface area contributed by atoms with Gasteiger partial charge < -0.3 is 4.74 Å². The first kappa shape index (κ1) is 24.9. The smallest absolute Gasteiger partial charge is 0.232 e. The molecule has 0 amide bonds. The van der Waals surface area contributed by atoms with E-state index in [4.69, 9.17) is 16.3 Å². The van der Waals surface area contributed by atoms with Gasteiger partial charge in [-0.05, 0) is 73.6 Å². The summed E-state index contributed by atoms with van der Waals surface area (Å²) in [7, 11) is -6.98. The van der Waals surface area contributed by atoms with E-state index in [0.29, 0.717) is 30.0 Å². The van der Waals surface area contributed by atoms with Crippen molar-refractivity contribution in [3.05, 3.63) is 70.4 Å². The lowest BCUT2D eigenvalue weighted by Gasteiger charge is -2.38. The number of halogens is 3. The Morgan fingerprint density at radius 1 is 1.09 bits per heavy atom. The molecule has 6 nitrogen and oxygen atoms in total. The summed E-state index contributed by atoms with van der Waals surface area (Å²) in [5.41, 5.74) is 1.43. The molecule has 1 unspecified atom stereocenters. The van der Waals surface area contributed by atoms with E-state index in [1.54, 1.807) is 0 Å². The van der Waals surface area contributed by atoms with Gasteiger partial charge in [0.1, 0.15) is 5.82 Å². The molecule has 2 aliphatic rings. The third-order valence-corrected chi connectivity index (χ3v) is 9.64. The summed E-state index contributed by atoms with van der Waals surface area (Å²) < 4.78 is 85.7. The molecule has 1 aliphatic heterocycles. The van der Waals surface area contributed by atoms with Crippen LogP contribution in [0.15, 0.2) is 58.6 Å². The highest BCUT2D eigenvalue weighted by Crippen LogP contribution is 2.40. The van der Waals surface area contributed by atoms with Crippen LogP contribution in [0.3, 0.4) is 0 Å². The largest absolute Gasteiger partial charge is 0.490 e. The van der Waals surface area contributed by atoms with Crippen LogP contribution < -0.4 is 9.46 Å². The minimum atomic E-state index is -3.56. The molecule has 1 N–H and O–H groups in total. The second-order valence-electron chi connectivity index (χ2n) is 8.53. The first-order valence-corrected chi connectivity index (χ1v) is 14.5. The van der Waals surface area contributed by atoms with Crippen molar-refractivity contribution in [3.63, 3.8) is 0 Å². The molecule has 0 fully saturated rings. The lowest BCUT2D eigenvalue weighted by Crippen LogP contribution is -2.39. The molecule has 2 atom stereocenters. The molecule has 2 aromatic carbocycles. The zero-order valence-electron chi connectivity index (χ0n) is 18.1. The summed E-state index contributed by atoms with van der Waals surface area (Å²) in [6.07, 6.45) is 1.60. The van der Waals surface area contributed by atoms with Crippen molar-refractivity contribution in [3.8, 4) is 5.75 Å². The summed E-state index contributed by atoms with van der Waals surface area (Å²) in [6, 6.07) is 8.88. The summed E-state index contributed by atoms with van der Waals surface area (Å²) >= 11 is 5.86. The maximum atomic E-state index is 14.1. The minimum Gasteiger partial charge on any atom is -0.490 e. The monoisotopic (exact) mass is 531 g/mol. The van der Waals surface area contributed by atoms with Crippen molar-refractivity contribution in [2.45, 2.75) is 30.6 Å². The highest BCUT2D eigenvalue weighted by Gasteiger charge is 2.37. The van der Waals surface area contributed by atoms with Crippen molar-refractivity contribution >= 4 is 31.5 Å². The van der Waals surface area contributed by atoms with E-state index in [1.165, 1.54) is 24.3 Å². The highest BCUT2D eigenvalue weighted by molar-refractivity contribution is 7.91. The summed E-state index contributed by atoms with van der Waals surface area (Å²) in [5.74, 6) is -2.27. The molecule has 184 valence electrons. The normalized spacial score (nSPS) is 22.1. The van der Waals surface area contributed by atoms with Crippen molar-refractivity contribution in [2.75, 3.05) is 18.1 Å². The SMILES string of the molecule is O=S1(=O)CCC2=C(CCC(CCS(=O)(=O)c3ccc(Cl)cc3)[C@H]2COc2cc(F)ccc2F)N1. The molecule has 0 bridgehead atoms. The lowest BCUT2D eigenvalue weighted by atomic mass is 9.75. The predicted molar refractivity (Wildman–Crippen MR) is 125 cm³/mol. The second kappa shape index (κ2) is 9.83. The van der Waals surface area contributed by atoms with E-state index in [2.05, 4.69) is 4.72 Å². The van der Waals surface area contributed by atoms with Gasteiger partial charge >= 0.3 is 0 Å². The van der Waals surface area contributed by atoms with Gasteiger partial charge in [-0.1, -0.05) is 11.6 Å². The van der Waals surface area contributed by atoms with Gasteiger partial charge in [-0.15, -0.1) is 0 Å². The maximum absolute atomic E-state index is 14.1. The standard InChI is InChI=1S/C23H24ClF2NO5S2/c24-16-2-5-18(6-3-16)33(28,29)11-9-15-1-8-22-19(10-12-34(30,31)27-22)20(15)14-32-23-13-17(25)4-7-21(23)26/h2-7,13,15,20,27H,1,8-12,14H2/t15?,20-/m1/s1. The predicted octanol–water partition coefficient (Wildman–Crippen LogP) is 4.46. The molecule has 11 heteroatoms. The fourth-order valence-electron chi connectivity index (χ4n) is 4.55. The number of nitrogens with one attached hydrogen (secondary N) is 1. The fraction of sp³-hybridized carbons (Fsp3) is 0.391. The molecule has 0 spiro atoms. The molecule has 1 aliphatic carbocycles. The third kappa shape index (κ3) is 5.72. The Balaban J connectivity index is 1.55. The van der Waals surface area contributed by atoms with Gasteiger partial charge in [-0.2, -0.15) is 0 Å².